The first kappa shape index (κ1) is 20.9. The van der Waals surface area contributed by atoms with Crippen molar-refractivity contribution in [3.05, 3.63) is 107 Å². The molecular formula is C24H19FN4O3. The number of hydrogen-bond donors (Lipinski definition) is 2. The summed E-state index contributed by atoms with van der Waals surface area (Å²) in [5.74, 6) is -1.59. The van der Waals surface area contributed by atoms with Gasteiger partial charge >= 0.3 is 6.03 Å². The first-order valence-corrected chi connectivity index (χ1v) is 9.83. The molecule has 0 radical (unpaired) electrons. The Kier molecular flexibility index (Phi) is 5.76. The second-order valence-electron chi connectivity index (χ2n) is 7.15. The quantitative estimate of drug-likeness (QED) is 0.358. The Labute approximate surface area is 183 Å². The van der Waals surface area contributed by atoms with Crippen LogP contribution in [-0.4, -0.2) is 35.5 Å². The molecule has 0 saturated carbocycles. The lowest BCUT2D eigenvalue weighted by Gasteiger charge is -2.27. The van der Waals surface area contributed by atoms with Gasteiger partial charge in [-0.2, -0.15) is 5.10 Å². The van der Waals surface area contributed by atoms with E-state index in [2.05, 4.69) is 15.8 Å². The largest absolute Gasteiger partial charge is 0.326 e. The van der Waals surface area contributed by atoms with Gasteiger partial charge in [0.05, 0.1) is 6.21 Å². The van der Waals surface area contributed by atoms with Crippen molar-refractivity contribution in [2.24, 2.45) is 5.10 Å². The topological polar surface area (TPSA) is 90.9 Å². The Morgan fingerprint density at radius 1 is 0.938 bits per heavy atom. The Hall–Kier alpha value is -4.33. The van der Waals surface area contributed by atoms with Crippen LogP contribution in [0.2, 0.25) is 0 Å². The number of nitrogens with one attached hydrogen (secondary N) is 2. The van der Waals surface area contributed by atoms with Crippen molar-refractivity contribution in [1.29, 1.82) is 0 Å². The van der Waals surface area contributed by atoms with E-state index >= 15 is 0 Å². The van der Waals surface area contributed by atoms with Crippen LogP contribution < -0.4 is 10.7 Å². The Morgan fingerprint density at radius 3 is 2.06 bits per heavy atom. The smallest absolute Gasteiger partial charge is 0.315 e. The van der Waals surface area contributed by atoms with Crippen LogP contribution in [0.25, 0.3) is 0 Å². The molecule has 7 nitrogen and oxygen atoms in total. The first-order valence-electron chi connectivity index (χ1n) is 9.83. The van der Waals surface area contributed by atoms with E-state index in [0.717, 1.165) is 4.90 Å². The maximum Gasteiger partial charge on any atom is 0.326 e. The molecule has 1 aliphatic rings. The van der Waals surface area contributed by atoms with Crippen LogP contribution in [0, 0.1) is 5.82 Å². The monoisotopic (exact) mass is 430 g/mol. The van der Waals surface area contributed by atoms with Gasteiger partial charge in [-0.05, 0) is 28.8 Å². The number of benzene rings is 3. The minimum atomic E-state index is -1.43. The van der Waals surface area contributed by atoms with Gasteiger partial charge in [-0.1, -0.05) is 72.8 Å². The van der Waals surface area contributed by atoms with E-state index in [-0.39, 0.29) is 5.82 Å². The zero-order valence-electron chi connectivity index (χ0n) is 16.9. The second kappa shape index (κ2) is 8.81. The molecule has 3 aromatic rings. The van der Waals surface area contributed by atoms with Crippen LogP contribution in [-0.2, 0) is 15.1 Å². The predicted molar refractivity (Wildman–Crippen MR) is 116 cm³/mol. The third-order valence-corrected chi connectivity index (χ3v) is 5.09. The summed E-state index contributed by atoms with van der Waals surface area (Å²) in [5.41, 5.74) is 2.60. The summed E-state index contributed by atoms with van der Waals surface area (Å²) in [6, 6.07) is 22.6. The van der Waals surface area contributed by atoms with E-state index in [4.69, 9.17) is 0 Å². The summed E-state index contributed by atoms with van der Waals surface area (Å²) in [6.07, 6.45) is 1.33. The van der Waals surface area contributed by atoms with Gasteiger partial charge in [0, 0.05) is 0 Å². The van der Waals surface area contributed by atoms with Crippen molar-refractivity contribution in [1.82, 2.24) is 15.6 Å². The third-order valence-electron chi connectivity index (χ3n) is 5.09. The van der Waals surface area contributed by atoms with Gasteiger partial charge in [-0.3, -0.25) is 14.5 Å². The van der Waals surface area contributed by atoms with Gasteiger partial charge in [-0.15, -0.1) is 0 Å². The van der Waals surface area contributed by atoms with Gasteiger partial charge in [-0.25, -0.2) is 14.6 Å². The van der Waals surface area contributed by atoms with Crippen molar-refractivity contribution in [3.63, 3.8) is 0 Å². The zero-order valence-corrected chi connectivity index (χ0v) is 16.9. The van der Waals surface area contributed by atoms with E-state index in [1.54, 1.807) is 48.5 Å². The lowest BCUT2D eigenvalue weighted by molar-refractivity contribution is -0.134. The van der Waals surface area contributed by atoms with Crippen molar-refractivity contribution >= 4 is 24.1 Å². The summed E-state index contributed by atoms with van der Waals surface area (Å²) < 4.78 is 13.0. The minimum Gasteiger partial charge on any atom is -0.315 e. The highest BCUT2D eigenvalue weighted by Crippen LogP contribution is 2.35. The Balaban J connectivity index is 1.54. The molecule has 8 heteroatoms. The van der Waals surface area contributed by atoms with E-state index in [1.807, 2.05) is 12.1 Å². The molecule has 4 amide bonds. The molecule has 1 heterocycles. The number of hydrazone groups is 1. The fourth-order valence-corrected chi connectivity index (χ4v) is 3.56. The van der Waals surface area contributed by atoms with Crippen molar-refractivity contribution in [2.45, 2.75) is 5.54 Å². The molecule has 2 N–H and O–H groups in total. The van der Waals surface area contributed by atoms with Gasteiger partial charge in [0.25, 0.3) is 11.8 Å². The highest BCUT2D eigenvalue weighted by molar-refractivity contribution is 6.11. The lowest BCUT2D eigenvalue weighted by atomic mass is 9.82. The predicted octanol–water partition coefficient (Wildman–Crippen LogP) is 2.77. The molecule has 4 rings (SSSR count). The van der Waals surface area contributed by atoms with Crippen LogP contribution in [0.5, 0.6) is 0 Å². The molecule has 0 aromatic heterocycles. The van der Waals surface area contributed by atoms with Gasteiger partial charge in [0.15, 0.2) is 5.54 Å². The number of carbonyl (C=O) groups is 3. The molecule has 32 heavy (non-hydrogen) atoms. The lowest BCUT2D eigenvalue weighted by Crippen LogP contribution is -2.45. The highest BCUT2D eigenvalue weighted by atomic mass is 19.1. The molecule has 1 fully saturated rings. The van der Waals surface area contributed by atoms with Gasteiger partial charge in [0.2, 0.25) is 0 Å². The van der Waals surface area contributed by atoms with Crippen molar-refractivity contribution in [2.75, 3.05) is 6.54 Å². The third kappa shape index (κ3) is 3.98. The number of rotatable bonds is 6. The number of halogens is 1. The molecule has 0 aliphatic carbocycles. The van der Waals surface area contributed by atoms with Crippen LogP contribution in [0.4, 0.5) is 9.18 Å². The summed E-state index contributed by atoms with van der Waals surface area (Å²) in [6.45, 7) is -0.507. The number of nitrogens with zero attached hydrogens (tertiary/aromatic N) is 2. The number of amides is 4. The molecule has 0 spiro atoms. The van der Waals surface area contributed by atoms with Gasteiger partial charge < -0.3 is 5.32 Å². The Morgan fingerprint density at radius 2 is 1.50 bits per heavy atom. The molecule has 3 aromatic carbocycles. The van der Waals surface area contributed by atoms with E-state index in [0.29, 0.717) is 16.7 Å². The molecule has 0 unspecified atom stereocenters. The minimum absolute atomic E-state index is 0.384. The van der Waals surface area contributed by atoms with Crippen LogP contribution in [0.1, 0.15) is 16.7 Å². The second-order valence-corrected chi connectivity index (χ2v) is 7.15. The number of hydrogen-bond acceptors (Lipinski definition) is 4. The maximum atomic E-state index is 13.5. The maximum absolute atomic E-state index is 13.5. The summed E-state index contributed by atoms with van der Waals surface area (Å²) >= 11 is 0. The van der Waals surface area contributed by atoms with Crippen molar-refractivity contribution in [3.8, 4) is 0 Å². The van der Waals surface area contributed by atoms with E-state index < -0.39 is 29.9 Å². The van der Waals surface area contributed by atoms with Crippen LogP contribution >= 0.6 is 0 Å². The number of carbonyl (C=O) groups excluding carboxylic acids is 3. The van der Waals surface area contributed by atoms with E-state index in [1.165, 1.54) is 30.5 Å². The molecule has 0 atom stereocenters. The standard InChI is InChI=1S/C24H19FN4O3/c25-20-13-11-17(12-14-20)15-26-28-21(30)16-29-22(31)24(27-23(29)32,18-7-3-1-4-8-18)19-9-5-2-6-10-19/h1-15H,16H2,(H,27,32)(H,28,30)/b26-15+. The van der Waals surface area contributed by atoms with Crippen LogP contribution in [0.15, 0.2) is 90.0 Å². The molecule has 0 bridgehead atoms. The fourth-order valence-electron chi connectivity index (χ4n) is 3.56. The molecule has 1 aliphatic heterocycles. The number of imide groups is 1. The molecular weight excluding hydrogens is 411 g/mol. The summed E-state index contributed by atoms with van der Waals surface area (Å²) in [5, 5.41) is 6.58. The van der Waals surface area contributed by atoms with E-state index in [9.17, 15) is 18.8 Å². The molecule has 1 saturated heterocycles. The van der Waals surface area contributed by atoms with Crippen LogP contribution in [0.3, 0.4) is 0 Å². The fraction of sp³-hybridized carbons (Fsp3) is 0.0833. The average Bonchev–Trinajstić information content (AvgIpc) is 3.07. The average molecular weight is 430 g/mol. The highest BCUT2D eigenvalue weighted by Gasteiger charge is 2.54. The normalized spacial score (nSPS) is 15.1. The molecule has 160 valence electrons. The van der Waals surface area contributed by atoms with Gasteiger partial charge in [0.1, 0.15) is 12.4 Å². The summed E-state index contributed by atoms with van der Waals surface area (Å²) in [4.78, 5) is 39.5. The first-order chi connectivity index (χ1) is 15.5. The Bertz CT molecular complexity index is 1130. The SMILES string of the molecule is O=C(CN1C(=O)NC(c2ccccc2)(c2ccccc2)C1=O)N/N=C/c1ccc(F)cc1. The van der Waals surface area contributed by atoms with Crippen molar-refractivity contribution < 1.29 is 18.8 Å². The zero-order chi connectivity index (χ0) is 22.6. The number of urea groups is 1. The summed E-state index contributed by atoms with van der Waals surface area (Å²) in [7, 11) is 0.